The van der Waals surface area contributed by atoms with Crippen LogP contribution in [-0.2, 0) is 6.61 Å². The van der Waals surface area contributed by atoms with Gasteiger partial charge in [-0.25, -0.2) is 9.37 Å². The van der Waals surface area contributed by atoms with Crippen LogP contribution >= 0.6 is 27.3 Å². The first-order valence-corrected chi connectivity index (χ1v) is 5.59. The Balaban J connectivity index is 2.84. The number of thiazole rings is 1. The summed E-state index contributed by atoms with van der Waals surface area (Å²) in [6.45, 7) is 1.39. The zero-order valence-corrected chi connectivity index (χ0v) is 9.75. The highest BCUT2D eigenvalue weighted by atomic mass is 79.9. The Labute approximate surface area is 92.5 Å². The second kappa shape index (κ2) is 3.56. The summed E-state index contributed by atoms with van der Waals surface area (Å²) in [7, 11) is 0. The summed E-state index contributed by atoms with van der Waals surface area (Å²) >= 11 is 4.68. The maximum absolute atomic E-state index is 13.5. The lowest BCUT2D eigenvalue weighted by molar-refractivity contribution is 0.275. The van der Waals surface area contributed by atoms with Gasteiger partial charge < -0.3 is 5.11 Å². The average molecular weight is 276 g/mol. The molecule has 0 aliphatic heterocycles. The summed E-state index contributed by atoms with van der Waals surface area (Å²) in [6.07, 6.45) is 0. The first-order chi connectivity index (χ1) is 6.63. The summed E-state index contributed by atoms with van der Waals surface area (Å²) in [5.74, 6) is -0.363. The number of aliphatic hydroxyl groups is 1. The van der Waals surface area contributed by atoms with Gasteiger partial charge in [-0.05, 0) is 28.9 Å². The van der Waals surface area contributed by atoms with E-state index >= 15 is 0 Å². The Morgan fingerprint density at radius 1 is 1.64 bits per heavy atom. The number of rotatable bonds is 1. The maximum Gasteiger partial charge on any atom is 0.160 e. The van der Waals surface area contributed by atoms with Gasteiger partial charge in [-0.1, -0.05) is 0 Å². The second-order valence-electron chi connectivity index (χ2n) is 2.95. The van der Waals surface area contributed by atoms with Crippen molar-refractivity contribution in [2.24, 2.45) is 0 Å². The molecule has 14 heavy (non-hydrogen) atoms. The molecule has 1 aromatic carbocycles. The molecule has 2 rings (SSSR count). The van der Waals surface area contributed by atoms with Crippen LogP contribution in [0.4, 0.5) is 4.39 Å². The third-order valence-electron chi connectivity index (χ3n) is 2.07. The Morgan fingerprint density at radius 3 is 3.00 bits per heavy atom. The van der Waals surface area contributed by atoms with Gasteiger partial charge in [0.05, 0.1) is 16.8 Å². The van der Waals surface area contributed by atoms with E-state index < -0.39 is 0 Å². The predicted octanol–water partition coefficient (Wildman–Crippen LogP) is 3.00. The highest BCUT2D eigenvalue weighted by molar-refractivity contribution is 9.11. The van der Waals surface area contributed by atoms with Gasteiger partial charge in [0.1, 0.15) is 5.82 Å². The number of aromatic nitrogens is 1. The predicted molar refractivity (Wildman–Crippen MR) is 57.9 cm³/mol. The van der Waals surface area contributed by atoms with Crippen molar-refractivity contribution in [1.29, 1.82) is 0 Å². The number of nitrogens with zero attached hydrogens (tertiary/aromatic N) is 1. The number of hydrogen-bond donors (Lipinski definition) is 1. The van der Waals surface area contributed by atoms with Gasteiger partial charge >= 0.3 is 0 Å². The minimum absolute atomic E-state index is 0.280. The molecule has 1 heterocycles. The molecule has 0 unspecified atom stereocenters. The lowest BCUT2D eigenvalue weighted by Gasteiger charge is -2.02. The van der Waals surface area contributed by atoms with E-state index in [1.807, 2.05) is 0 Å². The molecule has 0 bridgehead atoms. The molecule has 1 N–H and O–H groups in total. The van der Waals surface area contributed by atoms with Crippen LogP contribution in [0.3, 0.4) is 0 Å². The fourth-order valence-electron chi connectivity index (χ4n) is 1.35. The summed E-state index contributed by atoms with van der Waals surface area (Å²) in [5, 5.41) is 8.94. The second-order valence-corrected chi connectivity index (χ2v) is 5.25. The molecule has 0 atom stereocenters. The number of aliphatic hydroxyl groups excluding tert-OH is 1. The van der Waals surface area contributed by atoms with Crippen molar-refractivity contribution in [2.75, 3.05) is 0 Å². The largest absolute Gasteiger partial charge is 0.392 e. The Kier molecular flexibility index (Phi) is 2.55. The SMILES string of the molecule is Cc1c(F)c(CO)cc2sc(Br)nc12. The van der Waals surface area contributed by atoms with E-state index in [1.54, 1.807) is 13.0 Å². The summed E-state index contributed by atoms with van der Waals surface area (Å²) < 4.78 is 15.1. The van der Waals surface area contributed by atoms with Crippen molar-refractivity contribution >= 4 is 37.5 Å². The van der Waals surface area contributed by atoms with Crippen LogP contribution in [0.1, 0.15) is 11.1 Å². The first kappa shape index (κ1) is 10.0. The molecule has 0 aliphatic carbocycles. The lowest BCUT2D eigenvalue weighted by atomic mass is 10.1. The molecule has 2 nitrogen and oxygen atoms in total. The molecule has 0 aliphatic rings. The minimum Gasteiger partial charge on any atom is -0.392 e. The van der Waals surface area contributed by atoms with Crippen LogP contribution < -0.4 is 0 Å². The third kappa shape index (κ3) is 1.45. The fourth-order valence-corrected chi connectivity index (χ4v) is 2.87. The van der Waals surface area contributed by atoms with Gasteiger partial charge in [-0.15, -0.1) is 11.3 Å². The van der Waals surface area contributed by atoms with E-state index in [-0.39, 0.29) is 12.4 Å². The Bertz CT molecular complexity index is 497. The molecule has 0 fully saturated rings. The first-order valence-electron chi connectivity index (χ1n) is 3.98. The fraction of sp³-hybridized carbons (Fsp3) is 0.222. The summed E-state index contributed by atoms with van der Waals surface area (Å²) in [5.41, 5.74) is 1.48. The monoisotopic (exact) mass is 275 g/mol. The van der Waals surface area contributed by atoms with E-state index in [9.17, 15) is 4.39 Å². The van der Waals surface area contributed by atoms with Crippen molar-refractivity contribution in [1.82, 2.24) is 4.98 Å². The van der Waals surface area contributed by atoms with Gasteiger partial charge in [0.15, 0.2) is 3.92 Å². The number of hydrogen-bond acceptors (Lipinski definition) is 3. The Morgan fingerprint density at radius 2 is 2.36 bits per heavy atom. The quantitative estimate of drug-likeness (QED) is 0.868. The highest BCUT2D eigenvalue weighted by Crippen LogP contribution is 2.31. The molecular weight excluding hydrogens is 269 g/mol. The summed E-state index contributed by atoms with van der Waals surface area (Å²) in [4.78, 5) is 4.16. The molecule has 0 amide bonds. The van der Waals surface area contributed by atoms with Crippen molar-refractivity contribution in [3.63, 3.8) is 0 Å². The smallest absolute Gasteiger partial charge is 0.160 e. The minimum atomic E-state index is -0.363. The van der Waals surface area contributed by atoms with E-state index in [0.29, 0.717) is 16.6 Å². The number of benzene rings is 1. The third-order valence-corrected chi connectivity index (χ3v) is 3.52. The van der Waals surface area contributed by atoms with Crippen LogP contribution in [0.15, 0.2) is 9.98 Å². The number of aryl methyl sites for hydroxylation is 1. The van der Waals surface area contributed by atoms with E-state index in [0.717, 1.165) is 8.62 Å². The molecule has 5 heteroatoms. The maximum atomic E-state index is 13.5. The molecule has 0 radical (unpaired) electrons. The van der Waals surface area contributed by atoms with Crippen LogP contribution in [0, 0.1) is 12.7 Å². The van der Waals surface area contributed by atoms with Gasteiger partial charge in [0, 0.05) is 11.1 Å². The van der Waals surface area contributed by atoms with Gasteiger partial charge in [0.2, 0.25) is 0 Å². The molecule has 74 valence electrons. The topological polar surface area (TPSA) is 33.1 Å². The van der Waals surface area contributed by atoms with Crippen molar-refractivity contribution in [3.8, 4) is 0 Å². The van der Waals surface area contributed by atoms with Crippen molar-refractivity contribution in [2.45, 2.75) is 13.5 Å². The van der Waals surface area contributed by atoms with E-state index in [1.165, 1.54) is 11.3 Å². The zero-order valence-electron chi connectivity index (χ0n) is 7.34. The number of halogens is 2. The summed E-state index contributed by atoms with van der Waals surface area (Å²) in [6, 6.07) is 1.64. The standard InChI is InChI=1S/C9H7BrFNOS/c1-4-7(11)5(3-13)2-6-8(4)12-9(10)14-6/h2,13H,3H2,1H3. The molecule has 0 spiro atoms. The van der Waals surface area contributed by atoms with Crippen LogP contribution in [0.2, 0.25) is 0 Å². The van der Waals surface area contributed by atoms with Crippen molar-refractivity contribution < 1.29 is 9.50 Å². The van der Waals surface area contributed by atoms with Crippen LogP contribution in [0.25, 0.3) is 10.2 Å². The molecule has 2 aromatic rings. The van der Waals surface area contributed by atoms with Crippen molar-refractivity contribution in [3.05, 3.63) is 26.9 Å². The molecule has 1 aromatic heterocycles. The van der Waals surface area contributed by atoms with E-state index in [2.05, 4.69) is 20.9 Å². The highest BCUT2D eigenvalue weighted by Gasteiger charge is 2.12. The van der Waals surface area contributed by atoms with E-state index in [4.69, 9.17) is 5.11 Å². The van der Waals surface area contributed by atoms with Crippen LogP contribution in [0.5, 0.6) is 0 Å². The van der Waals surface area contributed by atoms with Gasteiger partial charge in [0.25, 0.3) is 0 Å². The number of fused-ring (bicyclic) bond motifs is 1. The average Bonchev–Trinajstić information content (AvgIpc) is 2.52. The zero-order chi connectivity index (χ0) is 10.3. The molecule has 0 saturated heterocycles. The van der Waals surface area contributed by atoms with Gasteiger partial charge in [-0.3, -0.25) is 0 Å². The lowest BCUT2D eigenvalue weighted by Crippen LogP contribution is -1.93. The molecule has 0 saturated carbocycles. The normalized spacial score (nSPS) is 11.1. The molecular formula is C9H7BrFNOS. The Hall–Kier alpha value is -0.520. The van der Waals surface area contributed by atoms with Crippen LogP contribution in [-0.4, -0.2) is 10.1 Å². The van der Waals surface area contributed by atoms with Gasteiger partial charge in [-0.2, -0.15) is 0 Å².